The first-order chi connectivity index (χ1) is 4.83. The number of rotatable bonds is 3. The van der Waals surface area contributed by atoms with Gasteiger partial charge in [-0.05, 0) is 19.9 Å². The Morgan fingerprint density at radius 1 is 1.50 bits per heavy atom. The third-order valence-electron chi connectivity index (χ3n) is 2.57. The Labute approximate surface area is 62.0 Å². The first kappa shape index (κ1) is 7.73. The van der Waals surface area contributed by atoms with Crippen LogP contribution in [-0.4, -0.2) is 18.9 Å². The van der Waals surface area contributed by atoms with Crippen molar-refractivity contribution in [3.63, 3.8) is 0 Å². The molecule has 0 saturated heterocycles. The van der Waals surface area contributed by atoms with Gasteiger partial charge in [-0.25, -0.2) is 0 Å². The fraction of sp³-hybridized carbons (Fsp3) is 0.875. The summed E-state index contributed by atoms with van der Waals surface area (Å²) in [6.07, 6.45) is 6.60. The Balaban J connectivity index is 2.48. The van der Waals surface area contributed by atoms with Gasteiger partial charge in [-0.2, -0.15) is 0 Å². The largest absolute Gasteiger partial charge is 0.314 e. The Morgan fingerprint density at radius 2 is 2.10 bits per heavy atom. The molecule has 1 fully saturated rings. The van der Waals surface area contributed by atoms with Crippen LogP contribution in [0.4, 0.5) is 0 Å². The van der Waals surface area contributed by atoms with Crippen LogP contribution in [0.5, 0.6) is 0 Å². The molecule has 1 aliphatic rings. The molecule has 2 heteroatoms. The summed E-state index contributed by atoms with van der Waals surface area (Å²) in [5.74, 6) is 0. The van der Waals surface area contributed by atoms with E-state index in [1.807, 2.05) is 7.05 Å². The van der Waals surface area contributed by atoms with Crippen molar-refractivity contribution in [2.45, 2.75) is 37.6 Å². The van der Waals surface area contributed by atoms with Crippen molar-refractivity contribution in [1.82, 2.24) is 5.32 Å². The van der Waals surface area contributed by atoms with Gasteiger partial charge in [0.1, 0.15) is 6.29 Å². The Morgan fingerprint density at radius 3 is 2.50 bits per heavy atom. The zero-order valence-electron chi connectivity index (χ0n) is 6.52. The Kier molecular flexibility index (Phi) is 2.44. The highest BCUT2D eigenvalue weighted by atomic mass is 16.1. The minimum atomic E-state index is 0.168. The highest BCUT2D eigenvalue weighted by molar-refractivity contribution is 5.52. The van der Waals surface area contributed by atoms with Crippen LogP contribution in [0.1, 0.15) is 32.1 Å². The first-order valence-corrected chi connectivity index (χ1v) is 3.95. The zero-order valence-corrected chi connectivity index (χ0v) is 6.52. The average Bonchev–Trinajstić information content (AvgIpc) is 2.39. The van der Waals surface area contributed by atoms with Crippen LogP contribution in [0.15, 0.2) is 0 Å². The molecule has 0 atom stereocenters. The topological polar surface area (TPSA) is 29.1 Å². The number of aldehydes is 1. The van der Waals surface area contributed by atoms with Gasteiger partial charge in [0.25, 0.3) is 0 Å². The fourth-order valence-electron chi connectivity index (χ4n) is 1.77. The summed E-state index contributed by atoms with van der Waals surface area (Å²) in [6, 6.07) is 0. The number of carbonyl (C=O) groups excluding carboxylic acids is 1. The van der Waals surface area contributed by atoms with Crippen LogP contribution < -0.4 is 5.32 Å². The SMILES string of the molecule is CNC1(CC=O)CCCC1. The lowest BCUT2D eigenvalue weighted by atomic mass is 9.94. The van der Waals surface area contributed by atoms with Gasteiger partial charge in [0.15, 0.2) is 0 Å². The summed E-state index contributed by atoms with van der Waals surface area (Å²) in [7, 11) is 1.95. The van der Waals surface area contributed by atoms with E-state index in [1.165, 1.54) is 25.7 Å². The second kappa shape index (κ2) is 3.15. The fourth-order valence-corrected chi connectivity index (χ4v) is 1.77. The average molecular weight is 141 g/mol. The normalized spacial score (nSPS) is 22.9. The van der Waals surface area contributed by atoms with Crippen LogP contribution in [0.2, 0.25) is 0 Å². The highest BCUT2D eigenvalue weighted by Crippen LogP contribution is 2.31. The molecule has 0 heterocycles. The maximum absolute atomic E-state index is 10.3. The predicted molar refractivity (Wildman–Crippen MR) is 40.9 cm³/mol. The molecule has 10 heavy (non-hydrogen) atoms. The standard InChI is InChI=1S/C8H15NO/c1-9-8(6-7-10)4-2-3-5-8/h7,9H,2-6H2,1H3. The Hall–Kier alpha value is -0.370. The molecular weight excluding hydrogens is 126 g/mol. The lowest BCUT2D eigenvalue weighted by Crippen LogP contribution is -2.40. The maximum Gasteiger partial charge on any atom is 0.121 e. The lowest BCUT2D eigenvalue weighted by Gasteiger charge is -2.25. The minimum absolute atomic E-state index is 0.168. The van der Waals surface area contributed by atoms with Gasteiger partial charge in [-0.1, -0.05) is 12.8 Å². The number of hydrogen-bond acceptors (Lipinski definition) is 2. The van der Waals surface area contributed by atoms with E-state index < -0.39 is 0 Å². The van der Waals surface area contributed by atoms with E-state index in [-0.39, 0.29) is 5.54 Å². The van der Waals surface area contributed by atoms with Gasteiger partial charge in [0.2, 0.25) is 0 Å². The first-order valence-electron chi connectivity index (χ1n) is 3.95. The molecule has 1 aliphatic carbocycles. The van der Waals surface area contributed by atoms with Crippen molar-refractivity contribution in [3.8, 4) is 0 Å². The molecule has 0 aliphatic heterocycles. The molecule has 1 rings (SSSR count). The van der Waals surface area contributed by atoms with E-state index in [1.54, 1.807) is 0 Å². The van der Waals surface area contributed by atoms with E-state index >= 15 is 0 Å². The van der Waals surface area contributed by atoms with Gasteiger partial charge >= 0.3 is 0 Å². The third-order valence-corrected chi connectivity index (χ3v) is 2.57. The molecule has 58 valence electrons. The molecule has 0 radical (unpaired) electrons. The molecule has 0 aromatic rings. The zero-order chi connectivity index (χ0) is 7.45. The summed E-state index contributed by atoms with van der Waals surface area (Å²) in [5, 5.41) is 3.25. The smallest absolute Gasteiger partial charge is 0.121 e. The van der Waals surface area contributed by atoms with Crippen molar-refractivity contribution in [3.05, 3.63) is 0 Å². The van der Waals surface area contributed by atoms with Gasteiger partial charge in [0.05, 0.1) is 0 Å². The summed E-state index contributed by atoms with van der Waals surface area (Å²) in [4.78, 5) is 10.3. The van der Waals surface area contributed by atoms with Crippen LogP contribution in [0.25, 0.3) is 0 Å². The van der Waals surface area contributed by atoms with Crippen LogP contribution in [0.3, 0.4) is 0 Å². The van der Waals surface area contributed by atoms with Crippen molar-refractivity contribution in [1.29, 1.82) is 0 Å². The van der Waals surface area contributed by atoms with Gasteiger partial charge in [0, 0.05) is 12.0 Å². The maximum atomic E-state index is 10.3. The van der Waals surface area contributed by atoms with Crippen molar-refractivity contribution in [2.75, 3.05) is 7.05 Å². The lowest BCUT2D eigenvalue weighted by molar-refractivity contribution is -0.109. The van der Waals surface area contributed by atoms with E-state index in [4.69, 9.17) is 0 Å². The number of carbonyl (C=O) groups is 1. The van der Waals surface area contributed by atoms with Crippen molar-refractivity contribution < 1.29 is 4.79 Å². The van der Waals surface area contributed by atoms with Gasteiger partial charge in [-0.3, -0.25) is 0 Å². The third kappa shape index (κ3) is 1.37. The van der Waals surface area contributed by atoms with Crippen molar-refractivity contribution in [2.24, 2.45) is 0 Å². The molecule has 0 amide bonds. The van der Waals surface area contributed by atoms with Crippen LogP contribution in [0, 0.1) is 0 Å². The predicted octanol–water partition coefficient (Wildman–Crippen LogP) is 1.11. The Bertz CT molecular complexity index is 116. The molecular formula is C8H15NO. The molecule has 2 nitrogen and oxygen atoms in total. The monoisotopic (exact) mass is 141 g/mol. The van der Waals surface area contributed by atoms with Crippen molar-refractivity contribution >= 4 is 6.29 Å². The van der Waals surface area contributed by atoms with Gasteiger partial charge in [-0.15, -0.1) is 0 Å². The summed E-state index contributed by atoms with van der Waals surface area (Å²) in [5.41, 5.74) is 0.168. The van der Waals surface area contributed by atoms with E-state index in [2.05, 4.69) is 5.32 Å². The molecule has 0 aromatic carbocycles. The molecule has 0 aromatic heterocycles. The minimum Gasteiger partial charge on any atom is -0.314 e. The quantitative estimate of drug-likeness (QED) is 0.596. The summed E-state index contributed by atoms with van der Waals surface area (Å²) >= 11 is 0. The second-order valence-corrected chi connectivity index (χ2v) is 3.11. The molecule has 1 saturated carbocycles. The molecule has 0 bridgehead atoms. The van der Waals surface area contributed by atoms with E-state index in [0.717, 1.165) is 6.29 Å². The second-order valence-electron chi connectivity index (χ2n) is 3.11. The number of hydrogen-bond donors (Lipinski definition) is 1. The van der Waals surface area contributed by atoms with E-state index in [9.17, 15) is 4.79 Å². The molecule has 0 unspecified atom stereocenters. The molecule has 1 N–H and O–H groups in total. The summed E-state index contributed by atoms with van der Waals surface area (Å²) < 4.78 is 0. The molecule has 0 spiro atoms. The van der Waals surface area contributed by atoms with E-state index in [0.29, 0.717) is 6.42 Å². The summed E-state index contributed by atoms with van der Waals surface area (Å²) in [6.45, 7) is 0. The van der Waals surface area contributed by atoms with Crippen LogP contribution >= 0.6 is 0 Å². The highest BCUT2D eigenvalue weighted by Gasteiger charge is 2.30. The van der Waals surface area contributed by atoms with Crippen LogP contribution in [-0.2, 0) is 4.79 Å². The number of nitrogens with one attached hydrogen (secondary N) is 1. The van der Waals surface area contributed by atoms with Gasteiger partial charge < -0.3 is 10.1 Å².